The van der Waals surface area contributed by atoms with Gasteiger partial charge in [-0.2, -0.15) is 0 Å². The smallest absolute Gasteiger partial charge is 0.0391 e. The van der Waals surface area contributed by atoms with Gasteiger partial charge >= 0.3 is 0 Å². The third kappa shape index (κ3) is 11.9. The van der Waals surface area contributed by atoms with E-state index in [4.69, 9.17) is 0 Å². The van der Waals surface area contributed by atoms with Crippen LogP contribution < -0.4 is 0 Å². The molecule has 1 saturated carbocycles. The molecule has 0 heterocycles. The molecule has 1 aliphatic rings. The first-order chi connectivity index (χ1) is 7.22. The molecule has 0 aromatic rings. The van der Waals surface area contributed by atoms with E-state index < -0.39 is 0 Å². The first-order valence-electron chi connectivity index (χ1n) is 7.22. The Morgan fingerprint density at radius 1 is 0.933 bits per heavy atom. The SMILES string of the molecule is CC.CC(C)C1CCCC1.CCCCC. The average molecular weight is 214 g/mol. The second kappa shape index (κ2) is 14.0. The third-order valence-electron chi connectivity index (χ3n) is 3.05. The van der Waals surface area contributed by atoms with Crippen LogP contribution in [0.15, 0.2) is 0 Å². The lowest BCUT2D eigenvalue weighted by Crippen LogP contribution is -2.01. The molecule has 0 spiro atoms. The molecule has 0 nitrogen and oxygen atoms in total. The molecule has 0 heteroatoms. The first kappa shape index (κ1) is 17.4. The van der Waals surface area contributed by atoms with Gasteiger partial charge in [0, 0.05) is 0 Å². The Hall–Kier alpha value is 0. The summed E-state index contributed by atoms with van der Waals surface area (Å²) in [5.41, 5.74) is 0. The van der Waals surface area contributed by atoms with E-state index in [-0.39, 0.29) is 0 Å². The van der Waals surface area contributed by atoms with Gasteiger partial charge in [-0.3, -0.25) is 0 Å². The molecule has 0 aromatic carbocycles. The maximum atomic E-state index is 2.34. The van der Waals surface area contributed by atoms with E-state index in [9.17, 15) is 0 Å². The van der Waals surface area contributed by atoms with E-state index >= 15 is 0 Å². The lowest BCUT2D eigenvalue weighted by Gasteiger charge is -2.11. The molecular formula is C15H34. The molecule has 0 bridgehead atoms. The lowest BCUT2D eigenvalue weighted by atomic mass is 9.95. The van der Waals surface area contributed by atoms with Gasteiger partial charge < -0.3 is 0 Å². The first-order valence-corrected chi connectivity index (χ1v) is 7.22. The summed E-state index contributed by atoms with van der Waals surface area (Å²) in [5.74, 6) is 2.01. The fraction of sp³-hybridized carbons (Fsp3) is 1.00. The molecule has 0 aromatic heterocycles. The Morgan fingerprint density at radius 2 is 1.33 bits per heavy atom. The van der Waals surface area contributed by atoms with Crippen molar-refractivity contribution in [2.24, 2.45) is 11.8 Å². The van der Waals surface area contributed by atoms with Crippen molar-refractivity contribution in [1.29, 1.82) is 0 Å². The Labute approximate surface area is 98.9 Å². The van der Waals surface area contributed by atoms with E-state index in [2.05, 4.69) is 27.7 Å². The van der Waals surface area contributed by atoms with E-state index in [0.717, 1.165) is 11.8 Å². The van der Waals surface area contributed by atoms with Crippen molar-refractivity contribution in [3.8, 4) is 0 Å². The Bertz CT molecular complexity index is 86.2. The highest BCUT2D eigenvalue weighted by Gasteiger charge is 2.17. The van der Waals surface area contributed by atoms with Gasteiger partial charge in [-0.15, -0.1) is 0 Å². The number of hydrogen-bond donors (Lipinski definition) is 0. The van der Waals surface area contributed by atoms with Crippen LogP contribution in [-0.4, -0.2) is 0 Å². The van der Waals surface area contributed by atoms with Crippen LogP contribution in [0.3, 0.4) is 0 Å². The molecule has 0 atom stereocenters. The molecule has 94 valence electrons. The summed E-state index contributed by atoms with van der Waals surface area (Å²) >= 11 is 0. The predicted molar refractivity (Wildman–Crippen MR) is 73.3 cm³/mol. The fourth-order valence-corrected chi connectivity index (χ4v) is 1.98. The van der Waals surface area contributed by atoms with E-state index in [1.165, 1.54) is 44.9 Å². The Kier molecular flexibility index (Phi) is 16.2. The molecular weight excluding hydrogens is 180 g/mol. The summed E-state index contributed by atoms with van der Waals surface area (Å²) in [6.07, 6.45) is 10.0. The number of rotatable bonds is 3. The maximum Gasteiger partial charge on any atom is -0.0391 e. The quantitative estimate of drug-likeness (QED) is 0.536. The molecule has 0 N–H and O–H groups in total. The summed E-state index contributed by atoms with van der Waals surface area (Å²) < 4.78 is 0. The molecule has 0 aliphatic heterocycles. The molecule has 1 fully saturated rings. The molecule has 1 rings (SSSR count). The number of unbranched alkanes of at least 4 members (excludes halogenated alkanes) is 2. The monoisotopic (exact) mass is 214 g/mol. The van der Waals surface area contributed by atoms with Crippen LogP contribution in [0.25, 0.3) is 0 Å². The summed E-state index contributed by atoms with van der Waals surface area (Å²) in [6, 6.07) is 0. The van der Waals surface area contributed by atoms with E-state index in [1.807, 2.05) is 13.8 Å². The van der Waals surface area contributed by atoms with Crippen molar-refractivity contribution >= 4 is 0 Å². The standard InChI is InChI=1S/C8H16.C5H12.C2H6/c1-7(2)8-5-3-4-6-8;1-3-5-4-2;1-2/h7-8H,3-6H2,1-2H3;3-5H2,1-2H3;1-2H3. The normalized spacial score (nSPS) is 15.4. The predicted octanol–water partition coefficient (Wildman–Crippen LogP) is 6.06. The molecule has 0 radical (unpaired) electrons. The molecule has 0 saturated heterocycles. The number of hydrogen-bond acceptors (Lipinski definition) is 0. The second-order valence-corrected chi connectivity index (χ2v) is 4.64. The van der Waals surface area contributed by atoms with Crippen molar-refractivity contribution in [2.45, 2.75) is 86.5 Å². The highest BCUT2D eigenvalue weighted by Crippen LogP contribution is 2.30. The highest BCUT2D eigenvalue weighted by atomic mass is 14.2. The fourth-order valence-electron chi connectivity index (χ4n) is 1.98. The summed E-state index contributed by atoms with van der Waals surface area (Å²) in [6.45, 7) is 13.1. The Morgan fingerprint density at radius 3 is 1.47 bits per heavy atom. The molecule has 0 amide bonds. The maximum absolute atomic E-state index is 2.34. The van der Waals surface area contributed by atoms with Crippen molar-refractivity contribution in [3.63, 3.8) is 0 Å². The molecule has 0 unspecified atom stereocenters. The lowest BCUT2D eigenvalue weighted by molar-refractivity contribution is 0.396. The van der Waals surface area contributed by atoms with Crippen molar-refractivity contribution in [3.05, 3.63) is 0 Å². The van der Waals surface area contributed by atoms with Gasteiger partial charge in [0.25, 0.3) is 0 Å². The minimum atomic E-state index is 0.942. The van der Waals surface area contributed by atoms with Gasteiger partial charge in [-0.1, -0.05) is 86.5 Å². The van der Waals surface area contributed by atoms with E-state index in [0.29, 0.717) is 0 Å². The topological polar surface area (TPSA) is 0 Å². The largest absolute Gasteiger partial charge is 0.0683 e. The Balaban J connectivity index is 0. The minimum absolute atomic E-state index is 0.942. The van der Waals surface area contributed by atoms with Crippen molar-refractivity contribution < 1.29 is 0 Å². The van der Waals surface area contributed by atoms with Crippen LogP contribution in [0, 0.1) is 11.8 Å². The second-order valence-electron chi connectivity index (χ2n) is 4.64. The van der Waals surface area contributed by atoms with Crippen LogP contribution >= 0.6 is 0 Å². The van der Waals surface area contributed by atoms with Crippen LogP contribution in [0.4, 0.5) is 0 Å². The van der Waals surface area contributed by atoms with Crippen LogP contribution in [0.5, 0.6) is 0 Å². The zero-order chi connectivity index (χ0) is 12.1. The van der Waals surface area contributed by atoms with Gasteiger partial charge in [0.05, 0.1) is 0 Å². The molecule has 15 heavy (non-hydrogen) atoms. The van der Waals surface area contributed by atoms with Crippen molar-refractivity contribution in [1.82, 2.24) is 0 Å². The minimum Gasteiger partial charge on any atom is -0.0683 e. The zero-order valence-corrected chi connectivity index (χ0v) is 12.1. The van der Waals surface area contributed by atoms with Gasteiger partial charge in [0.2, 0.25) is 0 Å². The summed E-state index contributed by atoms with van der Waals surface area (Å²) in [4.78, 5) is 0. The molecule has 1 aliphatic carbocycles. The summed E-state index contributed by atoms with van der Waals surface area (Å²) in [7, 11) is 0. The average Bonchev–Trinajstić information content (AvgIpc) is 2.76. The highest BCUT2D eigenvalue weighted by molar-refractivity contribution is 4.69. The van der Waals surface area contributed by atoms with Gasteiger partial charge in [-0.05, 0) is 11.8 Å². The van der Waals surface area contributed by atoms with Gasteiger partial charge in [0.1, 0.15) is 0 Å². The van der Waals surface area contributed by atoms with Gasteiger partial charge in [-0.25, -0.2) is 0 Å². The zero-order valence-electron chi connectivity index (χ0n) is 12.1. The van der Waals surface area contributed by atoms with Crippen molar-refractivity contribution in [2.75, 3.05) is 0 Å². The van der Waals surface area contributed by atoms with Gasteiger partial charge in [0.15, 0.2) is 0 Å². The van der Waals surface area contributed by atoms with Crippen LogP contribution in [-0.2, 0) is 0 Å². The van der Waals surface area contributed by atoms with E-state index in [1.54, 1.807) is 0 Å². The van der Waals surface area contributed by atoms with Crippen LogP contribution in [0.1, 0.15) is 86.5 Å². The summed E-state index contributed by atoms with van der Waals surface area (Å²) in [5, 5.41) is 0. The van der Waals surface area contributed by atoms with Crippen LogP contribution in [0.2, 0.25) is 0 Å². The third-order valence-corrected chi connectivity index (χ3v) is 3.05.